The van der Waals surface area contributed by atoms with Crippen LogP contribution in [0.25, 0.3) is 22.2 Å². The van der Waals surface area contributed by atoms with Gasteiger partial charge in [-0.05, 0) is 24.3 Å². The van der Waals surface area contributed by atoms with Gasteiger partial charge in [0.2, 0.25) is 5.91 Å². The Labute approximate surface area is 190 Å². The number of nitro groups is 1. The zero-order valence-electron chi connectivity index (χ0n) is 17.5. The molecular formula is C21H17N5O6S. The lowest BCUT2D eigenvalue weighted by atomic mass is 10.1. The van der Waals surface area contributed by atoms with E-state index < -0.39 is 16.4 Å². The average molecular weight is 467 g/mol. The van der Waals surface area contributed by atoms with Gasteiger partial charge in [-0.25, -0.2) is 9.97 Å². The lowest BCUT2D eigenvalue weighted by Crippen LogP contribution is -2.27. The molecule has 0 fully saturated rings. The number of hydrogen-bond acceptors (Lipinski definition) is 9. The van der Waals surface area contributed by atoms with E-state index in [4.69, 9.17) is 9.47 Å². The number of benzene rings is 2. The molecule has 0 saturated heterocycles. The van der Waals surface area contributed by atoms with Crippen LogP contribution in [-0.2, 0) is 11.3 Å². The number of nitrogens with zero attached hydrogens (tertiary/aromatic N) is 4. The van der Waals surface area contributed by atoms with E-state index in [2.05, 4.69) is 15.3 Å². The molecule has 0 atom stereocenters. The second-order valence-corrected chi connectivity index (χ2v) is 7.65. The fourth-order valence-corrected chi connectivity index (χ4v) is 3.88. The summed E-state index contributed by atoms with van der Waals surface area (Å²) < 4.78 is 11.7. The Morgan fingerprint density at radius 3 is 2.76 bits per heavy atom. The summed E-state index contributed by atoms with van der Waals surface area (Å²) in [5.41, 5.74) is 0.804. The number of amides is 1. The Morgan fingerprint density at radius 1 is 1.21 bits per heavy atom. The molecule has 4 rings (SSSR count). The fraction of sp³-hybridized carbons (Fsp3) is 0.143. The lowest BCUT2D eigenvalue weighted by molar-refractivity contribution is -0.384. The molecule has 2 aromatic heterocycles. The number of anilines is 1. The zero-order chi connectivity index (χ0) is 23.5. The first-order valence-corrected chi connectivity index (χ1v) is 10.4. The Kier molecular flexibility index (Phi) is 6.00. The summed E-state index contributed by atoms with van der Waals surface area (Å²) in [5, 5.41) is 15.8. The van der Waals surface area contributed by atoms with Crippen LogP contribution in [0.1, 0.15) is 0 Å². The Balaban J connectivity index is 1.54. The molecular weight excluding hydrogens is 450 g/mol. The third-order valence-corrected chi connectivity index (χ3v) is 5.52. The van der Waals surface area contributed by atoms with Gasteiger partial charge in [0.25, 0.3) is 11.2 Å². The highest BCUT2D eigenvalue weighted by atomic mass is 32.1. The first-order valence-electron chi connectivity index (χ1n) is 9.51. The highest BCUT2D eigenvalue weighted by molar-refractivity contribution is 7.14. The summed E-state index contributed by atoms with van der Waals surface area (Å²) in [4.78, 5) is 44.1. The van der Waals surface area contributed by atoms with Crippen molar-refractivity contribution in [2.45, 2.75) is 6.54 Å². The van der Waals surface area contributed by atoms with Gasteiger partial charge in [0, 0.05) is 23.1 Å². The van der Waals surface area contributed by atoms with Gasteiger partial charge in [-0.15, -0.1) is 11.3 Å². The summed E-state index contributed by atoms with van der Waals surface area (Å²) in [7, 11) is 3.10. The van der Waals surface area contributed by atoms with Gasteiger partial charge in [-0.2, -0.15) is 0 Å². The molecule has 4 aromatic rings. The van der Waals surface area contributed by atoms with Crippen molar-refractivity contribution < 1.29 is 19.2 Å². The minimum atomic E-state index is -0.597. The van der Waals surface area contributed by atoms with E-state index in [1.54, 1.807) is 37.8 Å². The van der Waals surface area contributed by atoms with Crippen LogP contribution in [0, 0.1) is 10.1 Å². The maximum absolute atomic E-state index is 12.7. The minimum Gasteiger partial charge on any atom is -0.497 e. The van der Waals surface area contributed by atoms with Gasteiger partial charge >= 0.3 is 0 Å². The molecule has 33 heavy (non-hydrogen) atoms. The van der Waals surface area contributed by atoms with Crippen molar-refractivity contribution in [2.75, 3.05) is 19.5 Å². The van der Waals surface area contributed by atoms with Gasteiger partial charge in [-0.3, -0.25) is 24.3 Å². The third kappa shape index (κ3) is 4.50. The van der Waals surface area contributed by atoms with Gasteiger partial charge in [0.05, 0.1) is 42.1 Å². The van der Waals surface area contributed by atoms with Crippen molar-refractivity contribution in [3.8, 4) is 22.8 Å². The Bertz CT molecular complexity index is 1430. The standard InChI is InChI=1S/C21H17N5O6S/c1-31-13-4-6-18(32-2)14(8-13)17-10-33-21(23-17)24-19(27)9-25-11-22-16-5-3-12(26(29)30)7-15(16)20(25)28/h3-8,10-11H,9H2,1-2H3,(H,23,24,27). The van der Waals surface area contributed by atoms with Crippen LogP contribution in [-0.4, -0.2) is 39.6 Å². The van der Waals surface area contributed by atoms with E-state index in [1.807, 2.05) is 0 Å². The monoisotopic (exact) mass is 467 g/mol. The van der Waals surface area contributed by atoms with Crippen molar-refractivity contribution in [2.24, 2.45) is 0 Å². The van der Waals surface area contributed by atoms with Crippen LogP contribution in [0.5, 0.6) is 11.5 Å². The van der Waals surface area contributed by atoms with Gasteiger partial charge < -0.3 is 14.8 Å². The van der Waals surface area contributed by atoms with E-state index in [-0.39, 0.29) is 17.6 Å². The average Bonchev–Trinajstić information content (AvgIpc) is 3.28. The third-order valence-electron chi connectivity index (χ3n) is 4.77. The molecule has 0 aliphatic carbocycles. The molecule has 168 valence electrons. The molecule has 2 heterocycles. The number of rotatable bonds is 7. The summed E-state index contributed by atoms with van der Waals surface area (Å²) in [6, 6.07) is 9.11. The summed E-state index contributed by atoms with van der Waals surface area (Å²) >= 11 is 1.21. The topological polar surface area (TPSA) is 138 Å². The van der Waals surface area contributed by atoms with Crippen LogP contribution < -0.4 is 20.3 Å². The van der Waals surface area contributed by atoms with Crippen molar-refractivity contribution in [1.29, 1.82) is 0 Å². The molecule has 1 N–H and O–H groups in total. The Morgan fingerprint density at radius 2 is 2.03 bits per heavy atom. The van der Waals surface area contributed by atoms with Gasteiger partial charge in [0.15, 0.2) is 5.13 Å². The first kappa shape index (κ1) is 21.9. The molecule has 12 heteroatoms. The van der Waals surface area contributed by atoms with E-state index in [9.17, 15) is 19.7 Å². The van der Waals surface area contributed by atoms with Crippen molar-refractivity contribution in [1.82, 2.24) is 14.5 Å². The predicted octanol–water partition coefficient (Wildman–Crippen LogP) is 3.08. The molecule has 0 unspecified atom stereocenters. The molecule has 11 nitrogen and oxygen atoms in total. The summed E-state index contributed by atoms with van der Waals surface area (Å²) in [6.07, 6.45) is 1.23. The molecule has 0 radical (unpaired) electrons. The molecule has 0 aliphatic heterocycles. The number of methoxy groups -OCH3 is 2. The number of aromatic nitrogens is 3. The van der Waals surface area contributed by atoms with Gasteiger partial charge in [0.1, 0.15) is 18.0 Å². The van der Waals surface area contributed by atoms with Crippen LogP contribution in [0.2, 0.25) is 0 Å². The van der Waals surface area contributed by atoms with Crippen molar-refractivity contribution in [3.63, 3.8) is 0 Å². The number of ether oxygens (including phenoxy) is 2. The predicted molar refractivity (Wildman–Crippen MR) is 122 cm³/mol. The van der Waals surface area contributed by atoms with Crippen LogP contribution in [0.4, 0.5) is 10.8 Å². The van der Waals surface area contributed by atoms with E-state index in [1.165, 1.54) is 29.8 Å². The van der Waals surface area contributed by atoms with E-state index >= 15 is 0 Å². The number of carbonyl (C=O) groups excluding carboxylic acids is 1. The number of nitro benzene ring substituents is 1. The SMILES string of the molecule is COc1ccc(OC)c(-c2csc(NC(=O)Cn3cnc4ccc([N+](=O)[O-])cc4c3=O)n2)c1. The molecule has 0 saturated carbocycles. The molecule has 0 spiro atoms. The second-order valence-electron chi connectivity index (χ2n) is 6.79. The number of non-ortho nitro benzene ring substituents is 1. The van der Waals surface area contributed by atoms with Crippen LogP contribution >= 0.6 is 11.3 Å². The highest BCUT2D eigenvalue weighted by Crippen LogP contribution is 2.35. The number of hydrogen-bond donors (Lipinski definition) is 1. The van der Waals surface area contributed by atoms with E-state index in [0.29, 0.717) is 33.4 Å². The van der Waals surface area contributed by atoms with Crippen LogP contribution in [0.3, 0.4) is 0 Å². The summed E-state index contributed by atoms with van der Waals surface area (Å²) in [5.74, 6) is 0.733. The first-order chi connectivity index (χ1) is 15.9. The number of nitrogens with one attached hydrogen (secondary N) is 1. The minimum absolute atomic E-state index is 0.0566. The van der Waals surface area contributed by atoms with Crippen LogP contribution in [0.15, 0.2) is 52.9 Å². The number of carbonyl (C=O) groups is 1. The number of fused-ring (bicyclic) bond motifs is 1. The molecule has 0 aliphatic rings. The largest absolute Gasteiger partial charge is 0.497 e. The second kappa shape index (κ2) is 9.04. The lowest BCUT2D eigenvalue weighted by Gasteiger charge is -2.08. The number of thiazole rings is 1. The fourth-order valence-electron chi connectivity index (χ4n) is 3.16. The molecule has 1 amide bonds. The molecule has 0 bridgehead atoms. The molecule has 2 aromatic carbocycles. The zero-order valence-corrected chi connectivity index (χ0v) is 18.3. The maximum Gasteiger partial charge on any atom is 0.270 e. The maximum atomic E-state index is 12.7. The van der Waals surface area contributed by atoms with E-state index in [0.717, 1.165) is 10.6 Å². The summed E-state index contributed by atoms with van der Waals surface area (Å²) in [6.45, 7) is -0.331. The van der Waals surface area contributed by atoms with Crippen molar-refractivity contribution in [3.05, 3.63) is 68.6 Å². The quantitative estimate of drug-likeness (QED) is 0.323. The smallest absolute Gasteiger partial charge is 0.270 e. The normalized spacial score (nSPS) is 10.7. The Hall–Kier alpha value is -4.32. The van der Waals surface area contributed by atoms with Crippen molar-refractivity contribution >= 4 is 39.0 Å². The van der Waals surface area contributed by atoms with Gasteiger partial charge in [-0.1, -0.05) is 0 Å². The highest BCUT2D eigenvalue weighted by Gasteiger charge is 2.15.